The van der Waals surface area contributed by atoms with Crippen LogP contribution in [0.4, 0.5) is 0 Å². The van der Waals surface area contributed by atoms with Crippen molar-refractivity contribution in [1.82, 2.24) is 5.32 Å². The summed E-state index contributed by atoms with van der Waals surface area (Å²) in [5.41, 5.74) is 13.4. The van der Waals surface area contributed by atoms with Crippen molar-refractivity contribution < 1.29 is 29.3 Å². The first-order chi connectivity index (χ1) is 7.88. The molecule has 0 unspecified atom stereocenters. The zero-order chi connectivity index (χ0) is 13.4. The number of ether oxygens (including phenoxy) is 1. The molecular weight excluding hydrogens is 232 g/mol. The topological polar surface area (TPSA) is 155 Å². The maximum atomic E-state index is 11.1. The molecule has 0 radical (unpaired) electrons. The standard InChI is InChI=1S/C8H14N4O5/c1-4(9)7(14)12-5(8(15)16)3-17-6(13)2-11-10/h4-5,11H,2-3,9H2,1H3,(H,12,14)(H,15,16)/t4-,5-/m0/s1. The highest BCUT2D eigenvalue weighted by molar-refractivity contribution is 5.86. The van der Waals surface area contributed by atoms with Gasteiger partial charge in [0.15, 0.2) is 6.04 Å². The lowest BCUT2D eigenvalue weighted by Gasteiger charge is -2.15. The van der Waals surface area contributed by atoms with Gasteiger partial charge in [0, 0.05) is 0 Å². The number of carbonyl (C=O) groups is 3. The predicted molar refractivity (Wildman–Crippen MR) is 53.4 cm³/mol. The van der Waals surface area contributed by atoms with Gasteiger partial charge in [-0.2, -0.15) is 0 Å². The molecule has 0 fully saturated rings. The average molecular weight is 246 g/mol. The molecule has 2 atom stereocenters. The van der Waals surface area contributed by atoms with Gasteiger partial charge in [-0.15, -0.1) is 0 Å². The molecule has 0 saturated heterocycles. The van der Waals surface area contributed by atoms with Crippen LogP contribution in [-0.2, 0) is 19.1 Å². The summed E-state index contributed by atoms with van der Waals surface area (Å²) in [7, 11) is 0. The molecule has 0 bridgehead atoms. The molecule has 0 aliphatic rings. The van der Waals surface area contributed by atoms with E-state index in [4.69, 9.17) is 16.4 Å². The quantitative estimate of drug-likeness (QED) is 0.270. The predicted octanol–water partition coefficient (Wildman–Crippen LogP) is -3.45. The molecule has 5 N–H and O–H groups in total. The van der Waals surface area contributed by atoms with Crippen molar-refractivity contribution in [3.63, 3.8) is 0 Å². The van der Waals surface area contributed by atoms with E-state index in [9.17, 15) is 14.4 Å². The van der Waals surface area contributed by atoms with Gasteiger partial charge in [-0.1, -0.05) is 0 Å². The number of rotatable bonds is 7. The van der Waals surface area contributed by atoms with Crippen molar-refractivity contribution in [3.05, 3.63) is 5.53 Å². The highest BCUT2D eigenvalue weighted by Gasteiger charge is 2.23. The largest absolute Gasteiger partial charge is 0.508 e. The fourth-order valence-corrected chi connectivity index (χ4v) is 0.770. The summed E-state index contributed by atoms with van der Waals surface area (Å²) in [5.74, 6) is -2.88. The number of carbonyl (C=O) groups excluding carboxylic acids is 2. The Hall–Kier alpha value is -2.03. The molecule has 0 aliphatic carbocycles. The van der Waals surface area contributed by atoms with Gasteiger partial charge in [0.05, 0.1) is 6.04 Å². The van der Waals surface area contributed by atoms with Crippen molar-refractivity contribution in [3.8, 4) is 0 Å². The normalized spacial score (nSPS) is 13.3. The summed E-state index contributed by atoms with van der Waals surface area (Å²) in [6, 6.07) is -2.25. The molecule has 9 nitrogen and oxygen atoms in total. The van der Waals surface area contributed by atoms with Gasteiger partial charge in [0.1, 0.15) is 6.61 Å². The Bertz CT molecular complexity index is 317. The van der Waals surface area contributed by atoms with Crippen molar-refractivity contribution in [1.29, 1.82) is 0 Å². The van der Waals surface area contributed by atoms with E-state index in [2.05, 4.69) is 10.1 Å². The molecule has 0 rings (SSSR count). The van der Waals surface area contributed by atoms with Crippen LogP contribution in [0.2, 0.25) is 0 Å². The molecule has 0 aromatic heterocycles. The van der Waals surface area contributed by atoms with Crippen molar-refractivity contribution >= 4 is 17.8 Å². The Morgan fingerprint density at radius 3 is 2.53 bits per heavy atom. The molecule has 0 aromatic rings. The molecule has 0 aliphatic heterocycles. The Morgan fingerprint density at radius 2 is 2.12 bits per heavy atom. The van der Waals surface area contributed by atoms with Gasteiger partial charge in [0.25, 0.3) is 0 Å². The summed E-state index contributed by atoms with van der Waals surface area (Å²) in [6.07, 6.45) is 0. The number of nitrogens with zero attached hydrogens (tertiary/aromatic N) is 1. The average Bonchev–Trinajstić information content (AvgIpc) is 2.23. The van der Waals surface area contributed by atoms with Crippen LogP contribution < -0.4 is 16.2 Å². The van der Waals surface area contributed by atoms with E-state index in [-0.39, 0.29) is 0 Å². The lowest BCUT2D eigenvalue weighted by molar-refractivity contribution is -0.470. The monoisotopic (exact) mass is 246 g/mol. The number of aliphatic carboxylic acids is 1. The van der Waals surface area contributed by atoms with Gasteiger partial charge in [-0.05, 0) is 6.92 Å². The van der Waals surface area contributed by atoms with E-state index in [1.54, 1.807) is 5.11 Å². The number of esters is 1. The van der Waals surface area contributed by atoms with Crippen LogP contribution in [0.25, 0.3) is 5.53 Å². The van der Waals surface area contributed by atoms with Crippen LogP contribution in [0.3, 0.4) is 0 Å². The Morgan fingerprint density at radius 1 is 1.53 bits per heavy atom. The molecule has 9 heteroatoms. The summed E-state index contributed by atoms with van der Waals surface area (Å²) in [5, 5.41) is 12.4. The maximum Gasteiger partial charge on any atom is 0.371 e. The fraction of sp³-hybridized carbons (Fsp3) is 0.625. The van der Waals surface area contributed by atoms with Crippen LogP contribution in [0.5, 0.6) is 0 Å². The molecule has 96 valence electrons. The van der Waals surface area contributed by atoms with Gasteiger partial charge >= 0.3 is 11.9 Å². The summed E-state index contributed by atoms with van der Waals surface area (Å²) in [6.45, 7) is 0.359. The Balaban J connectivity index is 4.26. The van der Waals surface area contributed by atoms with E-state index in [1.165, 1.54) is 6.92 Å². The van der Waals surface area contributed by atoms with E-state index in [0.717, 1.165) is 0 Å². The van der Waals surface area contributed by atoms with Crippen LogP contribution in [0, 0.1) is 0 Å². The van der Waals surface area contributed by atoms with Crippen LogP contribution in [0.1, 0.15) is 6.92 Å². The lowest BCUT2D eigenvalue weighted by Crippen LogP contribution is -2.66. The summed E-state index contributed by atoms with van der Waals surface area (Å²) < 4.78 is 4.49. The number of carboxylic acids is 1. The molecular formula is C8H14N4O5. The van der Waals surface area contributed by atoms with Crippen molar-refractivity contribution in [2.75, 3.05) is 13.2 Å². The third kappa shape index (κ3) is 6.20. The van der Waals surface area contributed by atoms with E-state index in [1.807, 2.05) is 0 Å². The first-order valence-electron chi connectivity index (χ1n) is 4.69. The van der Waals surface area contributed by atoms with Gasteiger partial charge in [-0.3, -0.25) is 4.79 Å². The second kappa shape index (κ2) is 7.28. The summed E-state index contributed by atoms with van der Waals surface area (Å²) in [4.78, 5) is 32.7. The minimum Gasteiger partial charge on any atom is -0.508 e. The van der Waals surface area contributed by atoms with Crippen molar-refractivity contribution in [2.24, 2.45) is 5.73 Å². The van der Waals surface area contributed by atoms with Gasteiger partial charge in [0.2, 0.25) is 12.5 Å². The molecule has 0 saturated carbocycles. The van der Waals surface area contributed by atoms with Crippen LogP contribution >= 0.6 is 0 Å². The van der Waals surface area contributed by atoms with Gasteiger partial charge in [-0.25, -0.2) is 9.59 Å². The first kappa shape index (κ1) is 15.0. The summed E-state index contributed by atoms with van der Waals surface area (Å²) >= 11 is 0. The smallest absolute Gasteiger partial charge is 0.371 e. The Labute approximate surface area is 96.8 Å². The SMILES string of the molecule is C[C@H](N)C(=O)N[C@@H](COC(=O)C[NH+]=[N-])C(=O)O. The highest BCUT2D eigenvalue weighted by atomic mass is 16.5. The highest BCUT2D eigenvalue weighted by Crippen LogP contribution is 1.89. The third-order valence-electron chi connectivity index (χ3n) is 1.66. The second-order valence-electron chi connectivity index (χ2n) is 3.21. The molecule has 0 aromatic carbocycles. The molecule has 0 heterocycles. The van der Waals surface area contributed by atoms with Crippen LogP contribution in [0.15, 0.2) is 0 Å². The van der Waals surface area contributed by atoms with E-state index < -0.39 is 43.1 Å². The number of carboxylic acid groups (broad SMARTS) is 1. The minimum atomic E-state index is -1.38. The number of hydrogen-bond donors (Lipinski definition) is 4. The first-order valence-corrected chi connectivity index (χ1v) is 4.69. The lowest BCUT2D eigenvalue weighted by atomic mass is 10.2. The maximum absolute atomic E-state index is 11.1. The zero-order valence-corrected chi connectivity index (χ0v) is 9.17. The fourth-order valence-electron chi connectivity index (χ4n) is 0.770. The van der Waals surface area contributed by atoms with Gasteiger partial charge < -0.3 is 31.5 Å². The molecule has 0 spiro atoms. The Kier molecular flexibility index (Phi) is 6.41. The zero-order valence-electron chi connectivity index (χ0n) is 9.17. The van der Waals surface area contributed by atoms with E-state index in [0.29, 0.717) is 0 Å². The molecule has 1 amide bonds. The van der Waals surface area contributed by atoms with Crippen molar-refractivity contribution in [2.45, 2.75) is 19.0 Å². The minimum absolute atomic E-state index is 0.479. The third-order valence-corrected chi connectivity index (χ3v) is 1.66. The van der Waals surface area contributed by atoms with E-state index >= 15 is 0 Å². The molecule has 17 heavy (non-hydrogen) atoms. The second-order valence-corrected chi connectivity index (χ2v) is 3.21. The van der Waals surface area contributed by atoms with Crippen LogP contribution in [-0.4, -0.2) is 48.2 Å². The number of nitrogens with two attached hydrogens (primary N) is 1. The number of nitrogens with one attached hydrogen (secondary N) is 2. The number of amides is 1. The number of hydrogen-bond acceptors (Lipinski definition) is 5.